The van der Waals surface area contributed by atoms with Crippen LogP contribution in [0.15, 0.2) is 6.07 Å². The molecule has 0 radical (unpaired) electrons. The smallest absolute Gasteiger partial charge is 0.223 e. The fourth-order valence-corrected chi connectivity index (χ4v) is 2.60. The van der Waals surface area contributed by atoms with E-state index in [9.17, 15) is 5.11 Å². The Bertz CT molecular complexity index is 467. The van der Waals surface area contributed by atoms with Crippen LogP contribution in [0.3, 0.4) is 0 Å². The van der Waals surface area contributed by atoms with Crippen molar-refractivity contribution in [1.29, 1.82) is 0 Å². The van der Waals surface area contributed by atoms with Crippen LogP contribution in [0.2, 0.25) is 0 Å². The van der Waals surface area contributed by atoms with Crippen molar-refractivity contribution in [2.75, 3.05) is 49.2 Å². The van der Waals surface area contributed by atoms with E-state index in [1.54, 1.807) is 0 Å². The number of nitrogens with two attached hydrogens (primary N) is 1. The highest BCUT2D eigenvalue weighted by atomic mass is 16.3. The minimum absolute atomic E-state index is 0.203. The van der Waals surface area contributed by atoms with Crippen molar-refractivity contribution in [2.45, 2.75) is 32.4 Å². The van der Waals surface area contributed by atoms with E-state index >= 15 is 0 Å². The third-order valence-electron chi connectivity index (χ3n) is 3.73. The highest BCUT2D eigenvalue weighted by Gasteiger charge is 2.25. The molecule has 1 aliphatic rings. The van der Waals surface area contributed by atoms with Crippen LogP contribution in [0.25, 0.3) is 0 Å². The molecule has 1 aromatic rings. The van der Waals surface area contributed by atoms with E-state index in [2.05, 4.69) is 46.0 Å². The third kappa shape index (κ3) is 4.18. The molecule has 1 unspecified atom stereocenters. The van der Waals surface area contributed by atoms with Crippen LogP contribution in [0.4, 0.5) is 17.6 Å². The van der Waals surface area contributed by atoms with Gasteiger partial charge in [-0.25, -0.2) is 0 Å². The van der Waals surface area contributed by atoms with Crippen molar-refractivity contribution in [1.82, 2.24) is 14.9 Å². The summed E-state index contributed by atoms with van der Waals surface area (Å²) in [5.41, 5.74) is 5.82. The molecular weight excluding hydrogens is 268 g/mol. The van der Waals surface area contributed by atoms with E-state index in [1.807, 2.05) is 6.07 Å². The van der Waals surface area contributed by atoms with Crippen LogP contribution >= 0.6 is 0 Å². The number of aromatic nitrogens is 2. The van der Waals surface area contributed by atoms with E-state index in [0.29, 0.717) is 12.1 Å². The van der Waals surface area contributed by atoms with Gasteiger partial charge < -0.3 is 21.1 Å². The molecule has 7 nitrogen and oxygen atoms in total. The normalized spacial score (nSPS) is 20.0. The number of piperazine rings is 1. The van der Waals surface area contributed by atoms with Crippen molar-refractivity contribution in [2.24, 2.45) is 0 Å². The lowest BCUT2D eigenvalue weighted by Crippen LogP contribution is -2.52. The van der Waals surface area contributed by atoms with Gasteiger partial charge in [-0.15, -0.1) is 0 Å². The maximum atomic E-state index is 9.18. The summed E-state index contributed by atoms with van der Waals surface area (Å²) in [7, 11) is 2.09. The van der Waals surface area contributed by atoms with Crippen molar-refractivity contribution >= 4 is 17.6 Å². The summed E-state index contributed by atoms with van der Waals surface area (Å²) in [6, 6.07) is 2.57. The topological polar surface area (TPSA) is 90.5 Å². The molecule has 4 N–H and O–H groups in total. The summed E-state index contributed by atoms with van der Waals surface area (Å²) in [5.74, 6) is 1.89. The van der Waals surface area contributed by atoms with Crippen LogP contribution in [0.1, 0.15) is 20.3 Å². The predicted octanol–water partition coefficient (Wildman–Crippen LogP) is 0.382. The molecule has 2 rings (SSSR count). The number of nitrogens with one attached hydrogen (secondary N) is 1. The Morgan fingerprint density at radius 2 is 2.19 bits per heavy atom. The van der Waals surface area contributed by atoms with Gasteiger partial charge in [0.05, 0.1) is 0 Å². The van der Waals surface area contributed by atoms with Crippen LogP contribution in [-0.4, -0.2) is 65.3 Å². The van der Waals surface area contributed by atoms with Crippen LogP contribution in [-0.2, 0) is 0 Å². The molecule has 1 saturated heterocycles. The van der Waals surface area contributed by atoms with Gasteiger partial charge in [0.25, 0.3) is 0 Å². The van der Waals surface area contributed by atoms with E-state index in [1.165, 1.54) is 0 Å². The Morgan fingerprint density at radius 3 is 2.86 bits per heavy atom. The molecular formula is C14H26N6O. The maximum Gasteiger partial charge on any atom is 0.223 e. The molecule has 1 fully saturated rings. The zero-order valence-corrected chi connectivity index (χ0v) is 13.1. The van der Waals surface area contributed by atoms with Gasteiger partial charge in [0.1, 0.15) is 11.6 Å². The van der Waals surface area contributed by atoms with Crippen molar-refractivity contribution < 1.29 is 5.11 Å². The van der Waals surface area contributed by atoms with Crippen LogP contribution in [0, 0.1) is 0 Å². The SMILES string of the molecule is CC(C)Nc1cc(N2CCN(C)C(CCO)C2)nc(N)n1. The molecule has 0 aliphatic carbocycles. The fraction of sp³-hybridized carbons (Fsp3) is 0.714. The molecule has 118 valence electrons. The first-order valence-electron chi connectivity index (χ1n) is 7.46. The van der Waals surface area contributed by atoms with Gasteiger partial charge in [-0.3, -0.25) is 4.90 Å². The molecule has 0 bridgehead atoms. The first-order valence-corrected chi connectivity index (χ1v) is 7.46. The summed E-state index contributed by atoms with van der Waals surface area (Å²) in [6.07, 6.45) is 0.769. The van der Waals surface area contributed by atoms with Gasteiger partial charge in [0.15, 0.2) is 0 Å². The monoisotopic (exact) mass is 294 g/mol. The Hall–Kier alpha value is -1.60. The number of anilines is 3. The highest BCUT2D eigenvalue weighted by Crippen LogP contribution is 2.21. The second-order valence-corrected chi connectivity index (χ2v) is 5.86. The largest absolute Gasteiger partial charge is 0.396 e. The second-order valence-electron chi connectivity index (χ2n) is 5.86. The zero-order chi connectivity index (χ0) is 15.4. The first kappa shape index (κ1) is 15.8. The Kier molecular flexibility index (Phi) is 5.19. The zero-order valence-electron chi connectivity index (χ0n) is 13.1. The molecule has 1 aliphatic heterocycles. The van der Waals surface area contributed by atoms with Crippen molar-refractivity contribution in [3.8, 4) is 0 Å². The number of rotatable bonds is 5. The summed E-state index contributed by atoms with van der Waals surface area (Å²) < 4.78 is 0. The van der Waals surface area contributed by atoms with E-state index < -0.39 is 0 Å². The Morgan fingerprint density at radius 1 is 1.43 bits per heavy atom. The van der Waals surface area contributed by atoms with Gasteiger partial charge in [-0.05, 0) is 27.3 Å². The number of nitrogen functional groups attached to an aromatic ring is 1. The van der Waals surface area contributed by atoms with Gasteiger partial charge in [0.2, 0.25) is 5.95 Å². The van der Waals surface area contributed by atoms with Crippen LogP contribution < -0.4 is 16.0 Å². The molecule has 7 heteroatoms. The molecule has 0 amide bonds. The number of hydrogen-bond acceptors (Lipinski definition) is 7. The van der Waals surface area contributed by atoms with Gasteiger partial charge in [0, 0.05) is 44.4 Å². The maximum absolute atomic E-state index is 9.18. The lowest BCUT2D eigenvalue weighted by Gasteiger charge is -2.40. The quantitative estimate of drug-likeness (QED) is 0.723. The first-order chi connectivity index (χ1) is 9.99. The predicted molar refractivity (Wildman–Crippen MR) is 85.5 cm³/mol. The van der Waals surface area contributed by atoms with Gasteiger partial charge in [-0.2, -0.15) is 9.97 Å². The van der Waals surface area contributed by atoms with Gasteiger partial charge in [-0.1, -0.05) is 0 Å². The number of aliphatic hydroxyl groups is 1. The molecule has 21 heavy (non-hydrogen) atoms. The average molecular weight is 294 g/mol. The van der Waals surface area contributed by atoms with E-state index in [4.69, 9.17) is 5.73 Å². The summed E-state index contributed by atoms with van der Waals surface area (Å²) in [4.78, 5) is 13.1. The highest BCUT2D eigenvalue weighted by molar-refractivity contribution is 5.53. The van der Waals surface area contributed by atoms with Gasteiger partial charge >= 0.3 is 0 Å². The number of nitrogens with zero attached hydrogens (tertiary/aromatic N) is 4. The lowest BCUT2D eigenvalue weighted by atomic mass is 10.1. The number of aliphatic hydroxyl groups excluding tert-OH is 1. The van der Waals surface area contributed by atoms with Crippen LogP contribution in [0.5, 0.6) is 0 Å². The lowest BCUT2D eigenvalue weighted by molar-refractivity contribution is 0.170. The van der Waals surface area contributed by atoms with Crippen molar-refractivity contribution in [3.05, 3.63) is 6.07 Å². The number of hydrogen-bond donors (Lipinski definition) is 3. The summed E-state index contributed by atoms with van der Waals surface area (Å²) in [6.45, 7) is 7.01. The molecule has 0 aromatic carbocycles. The number of likely N-dealkylation sites (N-methyl/N-ethyl adjacent to an activating group) is 1. The molecule has 1 aromatic heterocycles. The molecule has 2 heterocycles. The average Bonchev–Trinajstić information content (AvgIpc) is 2.40. The Labute approximate surface area is 126 Å². The fourth-order valence-electron chi connectivity index (χ4n) is 2.60. The standard InChI is InChI=1S/C14H26N6O/c1-10(2)16-12-8-13(18-14(15)17-12)20-6-5-19(3)11(9-20)4-7-21/h8,10-11,21H,4-7,9H2,1-3H3,(H3,15,16,17,18). The molecule has 1 atom stereocenters. The summed E-state index contributed by atoms with van der Waals surface area (Å²) >= 11 is 0. The third-order valence-corrected chi connectivity index (χ3v) is 3.73. The molecule has 0 saturated carbocycles. The van der Waals surface area contributed by atoms with Crippen molar-refractivity contribution in [3.63, 3.8) is 0 Å². The minimum Gasteiger partial charge on any atom is -0.396 e. The second kappa shape index (κ2) is 6.91. The minimum atomic E-state index is 0.203. The van der Waals surface area contributed by atoms with E-state index in [-0.39, 0.29) is 12.6 Å². The van der Waals surface area contributed by atoms with E-state index in [0.717, 1.165) is 37.7 Å². The molecule has 0 spiro atoms. The summed E-state index contributed by atoms with van der Waals surface area (Å²) in [5, 5.41) is 12.4. The Balaban J connectivity index is 2.15.